The molecule has 0 spiro atoms. The maximum Gasteiger partial charge on any atom is 0.254 e. The normalized spacial score (nSPS) is 15.4. The minimum atomic E-state index is 0. The molecule has 1 amide bonds. The molecule has 2 N–H and O–H groups in total. The van der Waals surface area contributed by atoms with E-state index in [1.54, 1.807) is 6.07 Å². The topological polar surface area (TPSA) is 49.6 Å². The van der Waals surface area contributed by atoms with Gasteiger partial charge in [-0.25, -0.2) is 0 Å². The maximum absolute atomic E-state index is 12.7. The van der Waals surface area contributed by atoms with E-state index < -0.39 is 0 Å². The molecule has 132 valence electrons. The molecule has 1 aromatic rings. The average molecular weight is 362 g/mol. The van der Waals surface area contributed by atoms with Gasteiger partial charge < -0.3 is 15.5 Å². The van der Waals surface area contributed by atoms with Crippen molar-refractivity contribution in [3.8, 4) is 0 Å². The van der Waals surface area contributed by atoms with Crippen molar-refractivity contribution in [3.63, 3.8) is 0 Å². The number of anilines is 1. The van der Waals surface area contributed by atoms with Crippen LogP contribution in [-0.4, -0.2) is 48.4 Å². The van der Waals surface area contributed by atoms with Gasteiger partial charge in [0, 0.05) is 37.4 Å². The number of carbonyl (C=O) groups excluding carboxylic acids is 1. The number of likely N-dealkylation sites (tertiary alicyclic amines) is 1. The van der Waals surface area contributed by atoms with E-state index in [4.69, 9.17) is 5.73 Å². The lowest BCUT2D eigenvalue weighted by atomic mass is 10.0. The fourth-order valence-corrected chi connectivity index (χ4v) is 3.07. The highest BCUT2D eigenvalue weighted by molar-refractivity contribution is 5.96. The van der Waals surface area contributed by atoms with Gasteiger partial charge in [0.1, 0.15) is 0 Å². The van der Waals surface area contributed by atoms with Crippen LogP contribution in [0.25, 0.3) is 0 Å². The Balaban J connectivity index is 0.00000242. The lowest BCUT2D eigenvalue weighted by Crippen LogP contribution is -2.45. The van der Waals surface area contributed by atoms with E-state index in [2.05, 4.69) is 11.8 Å². The van der Waals surface area contributed by atoms with Crippen LogP contribution in [0.3, 0.4) is 0 Å². The molecule has 1 fully saturated rings. The van der Waals surface area contributed by atoms with Gasteiger partial charge >= 0.3 is 0 Å². The molecule has 6 heteroatoms. The highest BCUT2D eigenvalue weighted by atomic mass is 35.5. The van der Waals surface area contributed by atoms with Gasteiger partial charge in [0.2, 0.25) is 0 Å². The summed E-state index contributed by atoms with van der Waals surface area (Å²) in [5.41, 5.74) is 8.19. The number of hydrogen-bond donors (Lipinski definition) is 1. The summed E-state index contributed by atoms with van der Waals surface area (Å²) in [6.07, 6.45) is 3.31. The summed E-state index contributed by atoms with van der Waals surface area (Å²) >= 11 is 0. The Labute approximate surface area is 152 Å². The maximum atomic E-state index is 12.7. The van der Waals surface area contributed by atoms with Crippen LogP contribution >= 0.6 is 24.8 Å². The summed E-state index contributed by atoms with van der Waals surface area (Å²) < 4.78 is 0. The van der Waals surface area contributed by atoms with Gasteiger partial charge in [-0.15, -0.1) is 24.8 Å². The van der Waals surface area contributed by atoms with Crippen molar-refractivity contribution in [2.75, 3.05) is 32.4 Å². The van der Waals surface area contributed by atoms with Crippen LogP contribution < -0.4 is 5.73 Å². The molecule has 2 rings (SSSR count). The SMILES string of the molecule is CCCN1CCC(N(C)C(=O)c2cc(N)ccc2C)CC1.Cl.Cl. The summed E-state index contributed by atoms with van der Waals surface area (Å²) in [7, 11) is 1.92. The van der Waals surface area contributed by atoms with Crippen molar-refractivity contribution < 1.29 is 4.79 Å². The number of piperidine rings is 1. The average Bonchev–Trinajstić information content (AvgIpc) is 2.49. The van der Waals surface area contributed by atoms with Gasteiger partial charge in [-0.05, 0) is 50.4 Å². The highest BCUT2D eigenvalue weighted by Gasteiger charge is 2.26. The summed E-state index contributed by atoms with van der Waals surface area (Å²) in [4.78, 5) is 17.1. The number of rotatable bonds is 4. The van der Waals surface area contributed by atoms with E-state index in [1.165, 1.54) is 13.0 Å². The largest absolute Gasteiger partial charge is 0.399 e. The van der Waals surface area contributed by atoms with Gasteiger partial charge in [-0.1, -0.05) is 13.0 Å². The zero-order valence-electron chi connectivity index (χ0n) is 14.2. The van der Waals surface area contributed by atoms with E-state index in [9.17, 15) is 4.79 Å². The van der Waals surface area contributed by atoms with Gasteiger partial charge in [-0.3, -0.25) is 4.79 Å². The van der Waals surface area contributed by atoms with Crippen molar-refractivity contribution >= 4 is 36.4 Å². The van der Waals surface area contributed by atoms with Crippen LogP contribution in [-0.2, 0) is 0 Å². The lowest BCUT2D eigenvalue weighted by Gasteiger charge is -2.36. The standard InChI is InChI=1S/C17H27N3O.2ClH/c1-4-9-20-10-7-15(8-11-20)19(3)17(21)16-12-14(18)6-5-13(16)2;;/h5-6,12,15H,4,7-11,18H2,1-3H3;2*1H. The van der Waals surface area contributed by atoms with Crippen LogP contribution in [0.5, 0.6) is 0 Å². The second kappa shape index (κ2) is 10.0. The number of aryl methyl sites for hydroxylation is 1. The molecule has 23 heavy (non-hydrogen) atoms. The van der Waals surface area contributed by atoms with Gasteiger partial charge in [-0.2, -0.15) is 0 Å². The second-order valence-electron chi connectivity index (χ2n) is 6.06. The summed E-state index contributed by atoms with van der Waals surface area (Å²) in [5.74, 6) is 0.0914. The molecule has 1 aromatic carbocycles. The van der Waals surface area contributed by atoms with E-state index in [0.717, 1.165) is 37.1 Å². The molecule has 0 unspecified atom stereocenters. The first kappa shape index (κ1) is 22.0. The molecule has 0 bridgehead atoms. The smallest absolute Gasteiger partial charge is 0.254 e. The molecule has 0 saturated carbocycles. The predicted octanol–water partition coefficient (Wildman–Crippen LogP) is 3.37. The first-order valence-corrected chi connectivity index (χ1v) is 7.88. The molecule has 1 aliphatic rings. The van der Waals surface area contributed by atoms with E-state index >= 15 is 0 Å². The van der Waals surface area contributed by atoms with Crippen LogP contribution in [0.4, 0.5) is 5.69 Å². The molecular weight excluding hydrogens is 333 g/mol. The number of nitrogens with zero attached hydrogens (tertiary/aromatic N) is 2. The van der Waals surface area contributed by atoms with Crippen LogP contribution in [0.1, 0.15) is 42.1 Å². The molecule has 0 radical (unpaired) electrons. The van der Waals surface area contributed by atoms with Crippen molar-refractivity contribution in [2.45, 2.75) is 39.2 Å². The molecular formula is C17H29Cl2N3O. The first-order chi connectivity index (χ1) is 10.0. The van der Waals surface area contributed by atoms with Crippen LogP contribution in [0.15, 0.2) is 18.2 Å². The number of halogens is 2. The Hall–Kier alpha value is -0.970. The van der Waals surface area contributed by atoms with E-state index in [-0.39, 0.29) is 30.7 Å². The summed E-state index contributed by atoms with van der Waals surface area (Å²) in [6, 6.07) is 5.89. The molecule has 0 atom stereocenters. The fraction of sp³-hybridized carbons (Fsp3) is 0.588. The van der Waals surface area contributed by atoms with Gasteiger partial charge in [0.15, 0.2) is 0 Å². The molecule has 1 heterocycles. The number of hydrogen-bond acceptors (Lipinski definition) is 3. The third-order valence-corrected chi connectivity index (χ3v) is 4.46. The van der Waals surface area contributed by atoms with E-state index in [0.29, 0.717) is 11.7 Å². The van der Waals surface area contributed by atoms with E-state index in [1.807, 2.05) is 31.0 Å². The van der Waals surface area contributed by atoms with Gasteiger partial charge in [0.05, 0.1) is 0 Å². The Morgan fingerprint density at radius 1 is 1.30 bits per heavy atom. The van der Waals surface area contributed by atoms with Crippen molar-refractivity contribution in [1.29, 1.82) is 0 Å². The molecule has 0 aliphatic carbocycles. The Kier molecular flexibility index (Phi) is 9.59. The van der Waals surface area contributed by atoms with Crippen LogP contribution in [0, 0.1) is 6.92 Å². The molecule has 0 aromatic heterocycles. The molecule has 1 aliphatic heterocycles. The molecule has 1 saturated heterocycles. The van der Waals surface area contributed by atoms with Gasteiger partial charge in [0.25, 0.3) is 5.91 Å². The summed E-state index contributed by atoms with van der Waals surface area (Å²) in [5, 5.41) is 0. The number of nitrogens with two attached hydrogens (primary N) is 1. The number of amides is 1. The Morgan fingerprint density at radius 2 is 1.91 bits per heavy atom. The zero-order chi connectivity index (χ0) is 15.4. The third kappa shape index (κ3) is 5.55. The molecule has 4 nitrogen and oxygen atoms in total. The van der Waals surface area contributed by atoms with Crippen molar-refractivity contribution in [3.05, 3.63) is 29.3 Å². The lowest BCUT2D eigenvalue weighted by molar-refractivity contribution is 0.0642. The minimum absolute atomic E-state index is 0. The Bertz CT molecular complexity index is 503. The van der Waals surface area contributed by atoms with Crippen molar-refractivity contribution in [2.24, 2.45) is 0 Å². The highest BCUT2D eigenvalue weighted by Crippen LogP contribution is 2.20. The monoisotopic (exact) mass is 361 g/mol. The predicted molar refractivity (Wildman–Crippen MR) is 102 cm³/mol. The number of carbonyl (C=O) groups is 1. The summed E-state index contributed by atoms with van der Waals surface area (Å²) in [6.45, 7) is 7.52. The second-order valence-corrected chi connectivity index (χ2v) is 6.06. The quantitative estimate of drug-likeness (QED) is 0.836. The Morgan fingerprint density at radius 3 is 2.48 bits per heavy atom. The third-order valence-electron chi connectivity index (χ3n) is 4.46. The number of nitrogen functional groups attached to an aromatic ring is 1. The van der Waals surface area contributed by atoms with Crippen LogP contribution in [0.2, 0.25) is 0 Å². The minimum Gasteiger partial charge on any atom is -0.399 e. The zero-order valence-corrected chi connectivity index (χ0v) is 15.9. The van der Waals surface area contributed by atoms with Crippen molar-refractivity contribution in [1.82, 2.24) is 9.80 Å². The number of benzene rings is 1. The fourth-order valence-electron chi connectivity index (χ4n) is 3.07. The first-order valence-electron chi connectivity index (χ1n) is 7.88.